The zero-order valence-corrected chi connectivity index (χ0v) is 13.5. The van der Waals surface area contributed by atoms with Gasteiger partial charge in [-0.3, -0.25) is 19.8 Å². The molecule has 1 amide bonds. The van der Waals surface area contributed by atoms with Crippen molar-refractivity contribution in [3.05, 3.63) is 75.6 Å². The van der Waals surface area contributed by atoms with Gasteiger partial charge in [0, 0.05) is 22.7 Å². The van der Waals surface area contributed by atoms with Crippen molar-refractivity contribution in [2.24, 2.45) is 0 Å². The molecule has 25 heavy (non-hydrogen) atoms. The Bertz CT molecular complexity index is 870. The first kappa shape index (κ1) is 15.7. The average Bonchev–Trinajstić information content (AvgIpc) is 3.05. The van der Waals surface area contributed by atoms with E-state index < -0.39 is 23.3 Å². The van der Waals surface area contributed by atoms with Crippen molar-refractivity contribution in [3.63, 3.8) is 0 Å². The average molecular weight is 341 g/mol. The van der Waals surface area contributed by atoms with Crippen LogP contribution in [0.5, 0.6) is 0 Å². The number of hydrogen-bond donors (Lipinski definition) is 1. The number of carbonyl (C=O) groups is 1. The van der Waals surface area contributed by atoms with Crippen LogP contribution in [0.15, 0.2) is 48.5 Å². The van der Waals surface area contributed by atoms with Crippen LogP contribution < -0.4 is 5.32 Å². The normalized spacial score (nSPS) is 28.2. The molecule has 6 nitrogen and oxygen atoms in total. The van der Waals surface area contributed by atoms with Crippen LogP contribution in [0.4, 0.5) is 10.1 Å². The third-order valence-electron chi connectivity index (χ3n) is 5.34. The molecule has 0 aromatic heterocycles. The lowest BCUT2D eigenvalue weighted by Gasteiger charge is -2.30. The molecule has 0 unspecified atom stereocenters. The lowest BCUT2D eigenvalue weighted by Crippen LogP contribution is -2.54. The molecule has 7 heteroatoms. The van der Waals surface area contributed by atoms with E-state index in [1.165, 1.54) is 12.1 Å². The summed E-state index contributed by atoms with van der Waals surface area (Å²) in [6.07, 6.45) is 0. The molecule has 1 saturated heterocycles. The summed E-state index contributed by atoms with van der Waals surface area (Å²) in [6, 6.07) is 11.6. The summed E-state index contributed by atoms with van der Waals surface area (Å²) in [6.45, 7) is 0.332. The van der Waals surface area contributed by atoms with Crippen LogP contribution in [0, 0.1) is 15.9 Å². The van der Waals surface area contributed by atoms with E-state index in [1.54, 1.807) is 48.3 Å². The van der Waals surface area contributed by atoms with Crippen LogP contribution in [0.2, 0.25) is 0 Å². The van der Waals surface area contributed by atoms with Gasteiger partial charge in [-0.05, 0) is 30.8 Å². The van der Waals surface area contributed by atoms with Gasteiger partial charge in [-0.2, -0.15) is 0 Å². The van der Waals surface area contributed by atoms with E-state index in [0.29, 0.717) is 23.4 Å². The van der Waals surface area contributed by atoms with Gasteiger partial charge < -0.3 is 5.32 Å². The molecular formula is C18H16FN3O3. The van der Waals surface area contributed by atoms with Crippen molar-refractivity contribution in [2.75, 3.05) is 18.9 Å². The van der Waals surface area contributed by atoms with E-state index in [1.807, 2.05) is 0 Å². The molecule has 2 aliphatic rings. The molecule has 0 saturated carbocycles. The number of nitrogens with one attached hydrogen (secondary N) is 1. The molecule has 1 spiro atoms. The number of likely N-dealkylation sites (N-methyl/N-ethyl adjacent to an activating group) is 1. The maximum absolute atomic E-state index is 13.3. The number of nitrogens with zero attached hydrogens (tertiary/aromatic N) is 2. The third-order valence-corrected chi connectivity index (χ3v) is 5.34. The first-order valence-electron chi connectivity index (χ1n) is 7.97. The lowest BCUT2D eigenvalue weighted by atomic mass is 9.79. The summed E-state index contributed by atoms with van der Waals surface area (Å²) in [7, 11) is 1.72. The van der Waals surface area contributed by atoms with Crippen molar-refractivity contribution in [1.29, 1.82) is 0 Å². The van der Waals surface area contributed by atoms with E-state index >= 15 is 0 Å². The smallest absolute Gasteiger partial charge is 0.256 e. The zero-order chi connectivity index (χ0) is 17.8. The molecule has 0 radical (unpaired) electrons. The number of fused-ring (bicyclic) bond motifs is 2. The molecule has 2 aliphatic heterocycles. The highest BCUT2D eigenvalue weighted by atomic mass is 19.1. The Balaban J connectivity index is 1.90. The maximum Gasteiger partial charge on any atom is 0.256 e. The third kappa shape index (κ3) is 2.02. The molecule has 128 valence electrons. The minimum atomic E-state index is -1.36. The summed E-state index contributed by atoms with van der Waals surface area (Å²) in [4.78, 5) is 26.3. The predicted octanol–water partition coefficient (Wildman–Crippen LogP) is 2.35. The number of nitro groups is 1. The number of amides is 1. The zero-order valence-electron chi connectivity index (χ0n) is 13.5. The Morgan fingerprint density at radius 3 is 2.60 bits per heavy atom. The molecule has 1 N–H and O–H groups in total. The summed E-state index contributed by atoms with van der Waals surface area (Å²) >= 11 is 0. The van der Waals surface area contributed by atoms with Crippen molar-refractivity contribution < 1.29 is 14.1 Å². The molecule has 2 aromatic carbocycles. The van der Waals surface area contributed by atoms with E-state index in [4.69, 9.17) is 0 Å². The van der Waals surface area contributed by atoms with Gasteiger partial charge in [0.1, 0.15) is 5.82 Å². The van der Waals surface area contributed by atoms with Crippen molar-refractivity contribution in [2.45, 2.75) is 17.5 Å². The van der Waals surface area contributed by atoms with E-state index in [2.05, 4.69) is 5.32 Å². The molecule has 0 bridgehead atoms. The Morgan fingerprint density at radius 1 is 1.24 bits per heavy atom. The SMILES string of the molecule is CN1C[C@H](c2ccc(F)cc2)[C@H]([N+](=O)[O-])[C@@]12C(=O)Nc1ccccc12. The predicted molar refractivity (Wildman–Crippen MR) is 89.3 cm³/mol. The molecule has 3 atom stereocenters. The topological polar surface area (TPSA) is 75.5 Å². The highest BCUT2D eigenvalue weighted by Gasteiger charge is 2.68. The number of likely N-dealkylation sites (tertiary alicyclic amines) is 1. The minimum absolute atomic E-state index is 0.332. The van der Waals surface area contributed by atoms with E-state index in [0.717, 1.165) is 0 Å². The first-order valence-corrected chi connectivity index (χ1v) is 7.97. The standard InChI is InChI=1S/C18H16FN3O3/c1-21-10-13(11-6-8-12(19)9-7-11)16(22(24)25)18(21)14-4-2-3-5-15(14)20-17(18)23/h2-9,13,16H,10H2,1H3,(H,20,23)/t13-,16+,18+/m1/s1. The number of anilines is 1. The Morgan fingerprint density at radius 2 is 1.92 bits per heavy atom. The van der Waals surface area contributed by atoms with Gasteiger partial charge in [-0.25, -0.2) is 4.39 Å². The fourth-order valence-electron chi connectivity index (χ4n) is 4.29. The molecular weight excluding hydrogens is 325 g/mol. The summed E-state index contributed by atoms with van der Waals surface area (Å²) in [5.74, 6) is -1.30. The number of hydrogen-bond acceptors (Lipinski definition) is 4. The summed E-state index contributed by atoms with van der Waals surface area (Å²) in [5.41, 5.74) is 0.517. The van der Waals surface area contributed by atoms with Crippen LogP contribution >= 0.6 is 0 Å². The molecule has 2 heterocycles. The fourth-order valence-corrected chi connectivity index (χ4v) is 4.29. The van der Waals surface area contributed by atoms with Gasteiger partial charge in [0.05, 0.1) is 5.92 Å². The molecule has 0 aliphatic carbocycles. The van der Waals surface area contributed by atoms with Crippen molar-refractivity contribution in [1.82, 2.24) is 4.90 Å². The van der Waals surface area contributed by atoms with Gasteiger partial charge in [0.2, 0.25) is 0 Å². The number of halogens is 1. The lowest BCUT2D eigenvalue weighted by molar-refractivity contribution is -0.534. The fraction of sp³-hybridized carbons (Fsp3) is 0.278. The van der Waals surface area contributed by atoms with E-state index in [-0.39, 0.29) is 10.8 Å². The molecule has 1 fully saturated rings. The monoisotopic (exact) mass is 341 g/mol. The quantitative estimate of drug-likeness (QED) is 0.672. The van der Waals surface area contributed by atoms with Gasteiger partial charge in [-0.1, -0.05) is 30.3 Å². The van der Waals surface area contributed by atoms with Gasteiger partial charge >= 0.3 is 0 Å². The Hall–Kier alpha value is -2.80. The number of rotatable bonds is 2. The Labute approximate surface area is 143 Å². The molecule has 4 rings (SSSR count). The van der Waals surface area contributed by atoms with Crippen LogP contribution in [0.3, 0.4) is 0 Å². The van der Waals surface area contributed by atoms with Gasteiger partial charge in [-0.15, -0.1) is 0 Å². The van der Waals surface area contributed by atoms with Crippen LogP contribution in [0.1, 0.15) is 17.0 Å². The highest BCUT2D eigenvalue weighted by Crippen LogP contribution is 2.51. The van der Waals surface area contributed by atoms with Crippen LogP contribution in [-0.4, -0.2) is 35.4 Å². The number of para-hydroxylation sites is 1. The second kappa shape index (κ2) is 5.35. The molecule has 2 aromatic rings. The largest absolute Gasteiger partial charge is 0.324 e. The van der Waals surface area contributed by atoms with Gasteiger partial charge in [0.25, 0.3) is 11.9 Å². The van der Waals surface area contributed by atoms with Gasteiger partial charge in [0.15, 0.2) is 5.54 Å². The van der Waals surface area contributed by atoms with Crippen molar-refractivity contribution in [3.8, 4) is 0 Å². The first-order chi connectivity index (χ1) is 12.0. The minimum Gasteiger partial charge on any atom is -0.324 e. The summed E-state index contributed by atoms with van der Waals surface area (Å²) < 4.78 is 13.3. The maximum atomic E-state index is 13.3. The van der Waals surface area contributed by atoms with E-state index in [9.17, 15) is 19.3 Å². The summed E-state index contributed by atoms with van der Waals surface area (Å²) in [5, 5.41) is 14.8. The Kier molecular flexibility index (Phi) is 3.36. The number of benzene rings is 2. The second-order valence-corrected chi connectivity index (χ2v) is 6.53. The van der Waals surface area contributed by atoms with Crippen LogP contribution in [0.25, 0.3) is 0 Å². The highest BCUT2D eigenvalue weighted by molar-refractivity contribution is 6.06. The number of carbonyl (C=O) groups excluding carboxylic acids is 1. The second-order valence-electron chi connectivity index (χ2n) is 6.53. The van der Waals surface area contributed by atoms with Crippen molar-refractivity contribution >= 4 is 11.6 Å². The van der Waals surface area contributed by atoms with Crippen LogP contribution in [-0.2, 0) is 10.3 Å².